The molecule has 112 valence electrons. The molecule has 0 amide bonds. The van der Waals surface area contributed by atoms with Gasteiger partial charge in [-0.3, -0.25) is 0 Å². The van der Waals surface area contributed by atoms with Crippen LogP contribution in [0.25, 0.3) is 0 Å². The topological polar surface area (TPSA) is 27.7 Å². The van der Waals surface area contributed by atoms with Gasteiger partial charge in [-0.05, 0) is 59.6 Å². The molecule has 21 heavy (non-hydrogen) atoms. The summed E-state index contributed by atoms with van der Waals surface area (Å²) in [4.78, 5) is 0. The van der Waals surface area contributed by atoms with Gasteiger partial charge in [-0.15, -0.1) is 0 Å². The van der Waals surface area contributed by atoms with Gasteiger partial charge in [0.05, 0.1) is 11.1 Å². The molecule has 0 aliphatic rings. The Balaban J connectivity index is 1.80. The molecule has 0 saturated heterocycles. The lowest BCUT2D eigenvalue weighted by Crippen LogP contribution is -2.09. The zero-order valence-corrected chi connectivity index (χ0v) is 13.9. The molecule has 2 aromatic rings. The third-order valence-corrected chi connectivity index (χ3v) is 3.43. The third-order valence-electron chi connectivity index (χ3n) is 2.81. The Morgan fingerprint density at radius 1 is 0.905 bits per heavy atom. The van der Waals surface area contributed by atoms with Crippen LogP contribution in [0.5, 0.6) is 17.2 Å². The zero-order valence-electron chi connectivity index (χ0n) is 12.3. The van der Waals surface area contributed by atoms with Gasteiger partial charge < -0.3 is 14.2 Å². The monoisotopic (exact) mass is 350 g/mol. The lowest BCUT2D eigenvalue weighted by molar-refractivity contribution is 0.215. The lowest BCUT2D eigenvalue weighted by atomic mass is 10.2. The summed E-state index contributed by atoms with van der Waals surface area (Å²) in [5.41, 5.74) is 1.19. The van der Waals surface area contributed by atoms with Crippen molar-refractivity contribution in [1.82, 2.24) is 0 Å². The minimum atomic E-state index is 0.482. The van der Waals surface area contributed by atoms with Crippen LogP contribution in [-0.4, -0.2) is 19.8 Å². The number of aryl methyl sites for hydroxylation is 1. The average Bonchev–Trinajstić information content (AvgIpc) is 2.46. The molecular weight excluding hydrogens is 332 g/mol. The molecule has 0 bridgehead atoms. The second-order valence-electron chi connectivity index (χ2n) is 4.54. The second kappa shape index (κ2) is 7.93. The van der Waals surface area contributed by atoms with Gasteiger partial charge in [0.15, 0.2) is 0 Å². The van der Waals surface area contributed by atoms with E-state index in [0.717, 1.165) is 21.7 Å². The van der Waals surface area contributed by atoms with E-state index in [1.165, 1.54) is 5.56 Å². The van der Waals surface area contributed by atoms with Gasteiger partial charge in [0.2, 0.25) is 0 Å². The van der Waals surface area contributed by atoms with E-state index >= 15 is 0 Å². The van der Waals surface area contributed by atoms with Gasteiger partial charge in [0.1, 0.15) is 30.5 Å². The quantitative estimate of drug-likeness (QED) is 0.682. The standard InChI is InChI=1S/C17H19BrO3/c1-3-19-14-5-4-6-15(12-14)20-9-10-21-17-8-7-13(2)11-16(17)18/h4-8,11-12H,3,9-10H2,1-2H3. The fraction of sp³-hybridized carbons (Fsp3) is 0.294. The summed E-state index contributed by atoms with van der Waals surface area (Å²) in [6.45, 7) is 5.62. The minimum absolute atomic E-state index is 0.482. The van der Waals surface area contributed by atoms with Crippen molar-refractivity contribution in [3.63, 3.8) is 0 Å². The fourth-order valence-electron chi connectivity index (χ4n) is 1.85. The SMILES string of the molecule is CCOc1cccc(OCCOc2ccc(C)cc2Br)c1. The van der Waals surface area contributed by atoms with Gasteiger partial charge in [0.25, 0.3) is 0 Å². The second-order valence-corrected chi connectivity index (χ2v) is 5.39. The van der Waals surface area contributed by atoms with Crippen LogP contribution in [0.2, 0.25) is 0 Å². The molecule has 0 aliphatic carbocycles. The smallest absolute Gasteiger partial charge is 0.133 e. The maximum Gasteiger partial charge on any atom is 0.133 e. The van der Waals surface area contributed by atoms with Crippen molar-refractivity contribution < 1.29 is 14.2 Å². The maximum atomic E-state index is 5.69. The van der Waals surface area contributed by atoms with Crippen LogP contribution >= 0.6 is 15.9 Å². The van der Waals surface area contributed by atoms with E-state index < -0.39 is 0 Å². The Kier molecular flexibility index (Phi) is 5.93. The van der Waals surface area contributed by atoms with Crippen molar-refractivity contribution in [3.8, 4) is 17.2 Å². The van der Waals surface area contributed by atoms with E-state index in [4.69, 9.17) is 14.2 Å². The van der Waals surface area contributed by atoms with Crippen molar-refractivity contribution in [2.24, 2.45) is 0 Å². The van der Waals surface area contributed by atoms with Gasteiger partial charge in [-0.1, -0.05) is 12.1 Å². The number of hydrogen-bond donors (Lipinski definition) is 0. The molecular formula is C17H19BrO3. The van der Waals surface area contributed by atoms with Crippen LogP contribution in [0.15, 0.2) is 46.9 Å². The fourth-order valence-corrected chi connectivity index (χ4v) is 2.46. The van der Waals surface area contributed by atoms with Crippen LogP contribution in [0.3, 0.4) is 0 Å². The normalized spacial score (nSPS) is 10.2. The highest BCUT2D eigenvalue weighted by Gasteiger charge is 2.02. The molecule has 0 fully saturated rings. The van der Waals surface area contributed by atoms with E-state index in [-0.39, 0.29) is 0 Å². The van der Waals surface area contributed by atoms with Crippen molar-refractivity contribution in [1.29, 1.82) is 0 Å². The largest absolute Gasteiger partial charge is 0.494 e. The van der Waals surface area contributed by atoms with Crippen LogP contribution < -0.4 is 14.2 Å². The average molecular weight is 351 g/mol. The Morgan fingerprint density at radius 3 is 2.33 bits per heavy atom. The van der Waals surface area contributed by atoms with Gasteiger partial charge in [0, 0.05) is 6.07 Å². The molecule has 0 unspecified atom stereocenters. The highest BCUT2D eigenvalue weighted by atomic mass is 79.9. The number of ether oxygens (including phenoxy) is 3. The summed E-state index contributed by atoms with van der Waals surface area (Å²) in [7, 11) is 0. The van der Waals surface area contributed by atoms with Gasteiger partial charge in [-0.25, -0.2) is 0 Å². The summed E-state index contributed by atoms with van der Waals surface area (Å²) in [5, 5.41) is 0. The predicted octanol–water partition coefficient (Wildman–Crippen LogP) is 4.61. The molecule has 4 heteroatoms. The molecule has 0 atom stereocenters. The van der Waals surface area contributed by atoms with Gasteiger partial charge in [-0.2, -0.15) is 0 Å². The highest BCUT2D eigenvalue weighted by Crippen LogP contribution is 2.25. The maximum absolute atomic E-state index is 5.69. The molecule has 0 aromatic heterocycles. The summed E-state index contributed by atoms with van der Waals surface area (Å²) in [6, 6.07) is 13.6. The number of hydrogen-bond acceptors (Lipinski definition) is 3. The van der Waals surface area contributed by atoms with Crippen LogP contribution in [0.4, 0.5) is 0 Å². The molecule has 0 heterocycles. The number of rotatable bonds is 7. The van der Waals surface area contributed by atoms with E-state index in [2.05, 4.69) is 15.9 Å². The number of halogens is 1. The predicted molar refractivity (Wildman–Crippen MR) is 87.5 cm³/mol. The Morgan fingerprint density at radius 2 is 1.62 bits per heavy atom. The first-order valence-electron chi connectivity index (χ1n) is 6.93. The van der Waals surface area contributed by atoms with Crippen molar-refractivity contribution in [2.45, 2.75) is 13.8 Å². The minimum Gasteiger partial charge on any atom is -0.494 e. The van der Waals surface area contributed by atoms with E-state index in [9.17, 15) is 0 Å². The first-order valence-corrected chi connectivity index (χ1v) is 7.73. The molecule has 2 aromatic carbocycles. The summed E-state index contributed by atoms with van der Waals surface area (Å²) in [5.74, 6) is 2.43. The first kappa shape index (κ1) is 15.7. The molecule has 0 radical (unpaired) electrons. The third kappa shape index (κ3) is 4.97. The highest BCUT2D eigenvalue weighted by molar-refractivity contribution is 9.10. The summed E-state index contributed by atoms with van der Waals surface area (Å²) >= 11 is 3.49. The molecule has 0 saturated carbocycles. The van der Waals surface area contributed by atoms with Crippen LogP contribution in [0.1, 0.15) is 12.5 Å². The molecule has 0 spiro atoms. The lowest BCUT2D eigenvalue weighted by Gasteiger charge is -2.11. The Labute approximate surface area is 134 Å². The Hall–Kier alpha value is -1.68. The number of benzene rings is 2. The molecule has 0 aliphatic heterocycles. The van der Waals surface area contributed by atoms with E-state index in [0.29, 0.717) is 19.8 Å². The molecule has 3 nitrogen and oxygen atoms in total. The summed E-state index contributed by atoms with van der Waals surface area (Å²) in [6.07, 6.45) is 0. The molecule has 0 N–H and O–H groups in total. The van der Waals surface area contributed by atoms with Gasteiger partial charge >= 0.3 is 0 Å². The first-order chi connectivity index (χ1) is 10.2. The van der Waals surface area contributed by atoms with E-state index in [1.54, 1.807) is 0 Å². The molecule has 2 rings (SSSR count). The zero-order chi connectivity index (χ0) is 15.1. The Bertz CT molecular complexity index is 584. The van der Waals surface area contributed by atoms with Crippen molar-refractivity contribution >= 4 is 15.9 Å². The van der Waals surface area contributed by atoms with Crippen LogP contribution in [-0.2, 0) is 0 Å². The van der Waals surface area contributed by atoms with Crippen molar-refractivity contribution in [3.05, 3.63) is 52.5 Å². The van der Waals surface area contributed by atoms with Crippen LogP contribution in [0, 0.1) is 6.92 Å². The summed E-state index contributed by atoms with van der Waals surface area (Å²) < 4.78 is 17.7. The van der Waals surface area contributed by atoms with E-state index in [1.807, 2.05) is 56.3 Å². The van der Waals surface area contributed by atoms with Crippen molar-refractivity contribution in [2.75, 3.05) is 19.8 Å².